The lowest BCUT2D eigenvalue weighted by molar-refractivity contribution is -0.122. The normalized spacial score (nSPS) is 18.1. The molecule has 1 heterocycles. The summed E-state index contributed by atoms with van der Waals surface area (Å²) in [6.07, 6.45) is 2.20. The number of ether oxygens (including phenoxy) is 1. The third kappa shape index (κ3) is 6.75. The second-order valence-corrected chi connectivity index (χ2v) is 9.81. The molecule has 33 heavy (non-hydrogen) atoms. The predicted octanol–water partition coefficient (Wildman–Crippen LogP) is 1.81. The molecule has 1 atom stereocenters. The molecule has 3 rings (SSSR count). The van der Waals surface area contributed by atoms with Gasteiger partial charge in [-0.15, -0.1) is 0 Å². The zero-order valence-electron chi connectivity index (χ0n) is 18.4. The minimum Gasteiger partial charge on any atom is -0.497 e. The summed E-state index contributed by atoms with van der Waals surface area (Å²) in [5.41, 5.74) is 0.598. The fourth-order valence-electron chi connectivity index (χ4n) is 3.99. The van der Waals surface area contributed by atoms with Crippen LogP contribution in [0.5, 0.6) is 5.75 Å². The first-order chi connectivity index (χ1) is 15.6. The van der Waals surface area contributed by atoms with E-state index in [2.05, 4.69) is 10.6 Å². The summed E-state index contributed by atoms with van der Waals surface area (Å²) in [5, 5.41) is 10.9. The number of carbonyl (C=O) groups is 2. The van der Waals surface area contributed by atoms with Crippen LogP contribution in [0.15, 0.2) is 47.4 Å². The number of rotatable bonds is 10. The highest BCUT2D eigenvalue weighted by Crippen LogP contribution is 2.31. The van der Waals surface area contributed by atoms with Crippen molar-refractivity contribution in [3.8, 4) is 5.75 Å². The molecular formula is C23H28FN3O5S. The summed E-state index contributed by atoms with van der Waals surface area (Å²) < 4.78 is 42.1. The molecule has 1 aliphatic rings. The van der Waals surface area contributed by atoms with Crippen molar-refractivity contribution in [3.63, 3.8) is 0 Å². The molecule has 0 saturated carbocycles. The second kappa shape index (κ2) is 10.3. The van der Waals surface area contributed by atoms with Gasteiger partial charge in [-0.25, -0.2) is 17.9 Å². The van der Waals surface area contributed by atoms with Crippen molar-refractivity contribution in [3.05, 3.63) is 59.4 Å². The van der Waals surface area contributed by atoms with E-state index in [0.29, 0.717) is 43.5 Å². The number of amides is 2. The average molecular weight is 478 g/mol. The van der Waals surface area contributed by atoms with E-state index in [0.717, 1.165) is 5.56 Å². The molecule has 4 N–H and O–H groups in total. The minimum absolute atomic E-state index is 0.0340. The standard InChI is InChI=1S/C23H28FN3O5S/c1-32-18-4-7-20(24)17(14-18)15-23(12-9-22(29)27-23)11-8-21(28)26-13-10-16-2-5-19(6-3-16)33(25,30)31/h2-7,14H,8-13,15H2,1H3,(H,26,28)(H,27,29)(H2,25,30,31)/t23-/m1/s1. The van der Waals surface area contributed by atoms with Gasteiger partial charge in [-0.3, -0.25) is 9.59 Å². The molecular weight excluding hydrogens is 449 g/mol. The molecule has 2 aromatic carbocycles. The first-order valence-electron chi connectivity index (χ1n) is 10.6. The van der Waals surface area contributed by atoms with Crippen molar-refractivity contribution >= 4 is 21.8 Å². The van der Waals surface area contributed by atoms with Crippen LogP contribution < -0.4 is 20.5 Å². The molecule has 8 nitrogen and oxygen atoms in total. The Bertz CT molecular complexity index is 1120. The van der Waals surface area contributed by atoms with Crippen molar-refractivity contribution in [2.75, 3.05) is 13.7 Å². The molecule has 2 aromatic rings. The average Bonchev–Trinajstić information content (AvgIpc) is 3.14. The van der Waals surface area contributed by atoms with Crippen molar-refractivity contribution < 1.29 is 27.1 Å². The van der Waals surface area contributed by atoms with Gasteiger partial charge in [0, 0.05) is 24.9 Å². The van der Waals surface area contributed by atoms with Gasteiger partial charge < -0.3 is 15.4 Å². The largest absolute Gasteiger partial charge is 0.497 e. The van der Waals surface area contributed by atoms with Crippen LogP contribution in [-0.4, -0.2) is 39.4 Å². The molecule has 1 saturated heterocycles. The van der Waals surface area contributed by atoms with Crippen LogP contribution in [0.25, 0.3) is 0 Å². The van der Waals surface area contributed by atoms with E-state index in [1.165, 1.54) is 31.4 Å². The fraction of sp³-hybridized carbons (Fsp3) is 0.391. The van der Waals surface area contributed by atoms with Gasteiger partial charge in [-0.05, 0) is 67.1 Å². The zero-order chi connectivity index (χ0) is 24.1. The van der Waals surface area contributed by atoms with Crippen LogP contribution in [-0.2, 0) is 32.5 Å². The third-order valence-electron chi connectivity index (χ3n) is 5.84. The van der Waals surface area contributed by atoms with Gasteiger partial charge >= 0.3 is 0 Å². The maximum Gasteiger partial charge on any atom is 0.238 e. The third-order valence-corrected chi connectivity index (χ3v) is 6.76. The van der Waals surface area contributed by atoms with E-state index < -0.39 is 15.6 Å². The lowest BCUT2D eigenvalue weighted by Crippen LogP contribution is -2.44. The minimum atomic E-state index is -3.74. The Kier molecular flexibility index (Phi) is 7.70. The Morgan fingerprint density at radius 2 is 1.97 bits per heavy atom. The number of methoxy groups -OCH3 is 1. The topological polar surface area (TPSA) is 128 Å². The number of hydrogen-bond acceptors (Lipinski definition) is 5. The summed E-state index contributed by atoms with van der Waals surface area (Å²) >= 11 is 0. The highest BCUT2D eigenvalue weighted by atomic mass is 32.2. The molecule has 0 aromatic heterocycles. The Morgan fingerprint density at radius 1 is 1.24 bits per heavy atom. The van der Waals surface area contributed by atoms with E-state index in [-0.39, 0.29) is 35.4 Å². The van der Waals surface area contributed by atoms with Gasteiger partial charge in [-0.2, -0.15) is 0 Å². The summed E-state index contributed by atoms with van der Waals surface area (Å²) in [5.74, 6) is -0.139. The summed E-state index contributed by atoms with van der Waals surface area (Å²) in [6, 6.07) is 10.6. The van der Waals surface area contributed by atoms with Gasteiger partial charge in [0.2, 0.25) is 21.8 Å². The van der Waals surface area contributed by atoms with Gasteiger partial charge in [0.1, 0.15) is 11.6 Å². The Labute approximate surface area is 192 Å². The molecule has 0 radical (unpaired) electrons. The molecule has 0 aliphatic carbocycles. The van der Waals surface area contributed by atoms with Crippen LogP contribution in [0.4, 0.5) is 4.39 Å². The number of halogens is 1. The van der Waals surface area contributed by atoms with Crippen LogP contribution in [0.3, 0.4) is 0 Å². The number of hydrogen-bond donors (Lipinski definition) is 3. The molecule has 178 valence electrons. The number of primary sulfonamides is 1. The molecule has 0 unspecified atom stereocenters. The molecule has 0 spiro atoms. The van der Waals surface area contributed by atoms with E-state index in [1.54, 1.807) is 18.2 Å². The van der Waals surface area contributed by atoms with Crippen molar-refractivity contribution in [1.82, 2.24) is 10.6 Å². The second-order valence-electron chi connectivity index (χ2n) is 8.25. The smallest absolute Gasteiger partial charge is 0.238 e. The Balaban J connectivity index is 1.54. The van der Waals surface area contributed by atoms with E-state index in [1.807, 2.05) is 0 Å². The molecule has 2 amide bonds. The van der Waals surface area contributed by atoms with Gasteiger partial charge in [0.05, 0.1) is 12.0 Å². The Morgan fingerprint density at radius 3 is 2.58 bits per heavy atom. The number of sulfonamides is 1. The quantitative estimate of drug-likeness (QED) is 0.481. The maximum absolute atomic E-state index is 14.4. The monoisotopic (exact) mass is 477 g/mol. The molecule has 10 heteroatoms. The lowest BCUT2D eigenvalue weighted by Gasteiger charge is -2.29. The van der Waals surface area contributed by atoms with Crippen LogP contribution in [0.2, 0.25) is 0 Å². The summed E-state index contributed by atoms with van der Waals surface area (Å²) in [4.78, 5) is 24.4. The maximum atomic E-state index is 14.4. The number of nitrogens with one attached hydrogen (secondary N) is 2. The summed E-state index contributed by atoms with van der Waals surface area (Å²) in [7, 11) is -2.24. The van der Waals surface area contributed by atoms with Crippen molar-refractivity contribution in [1.29, 1.82) is 0 Å². The van der Waals surface area contributed by atoms with Crippen molar-refractivity contribution in [2.24, 2.45) is 5.14 Å². The van der Waals surface area contributed by atoms with Gasteiger partial charge in [0.25, 0.3) is 0 Å². The van der Waals surface area contributed by atoms with E-state index in [4.69, 9.17) is 9.88 Å². The highest BCUT2D eigenvalue weighted by molar-refractivity contribution is 7.89. The highest BCUT2D eigenvalue weighted by Gasteiger charge is 2.38. The molecule has 1 aliphatic heterocycles. The molecule has 1 fully saturated rings. The van der Waals surface area contributed by atoms with E-state index in [9.17, 15) is 22.4 Å². The first-order valence-corrected chi connectivity index (χ1v) is 12.2. The number of carbonyl (C=O) groups excluding carboxylic acids is 2. The number of benzene rings is 2. The lowest BCUT2D eigenvalue weighted by atomic mass is 9.84. The molecule has 0 bridgehead atoms. The SMILES string of the molecule is COc1ccc(F)c(C[C@@]2(CCC(=O)NCCc3ccc(S(N)(=O)=O)cc3)CCC(=O)N2)c1. The van der Waals surface area contributed by atoms with Crippen LogP contribution in [0, 0.1) is 5.82 Å². The Hall–Kier alpha value is -2.98. The summed E-state index contributed by atoms with van der Waals surface area (Å²) in [6.45, 7) is 0.372. The van der Waals surface area contributed by atoms with Gasteiger partial charge in [0.15, 0.2) is 0 Å². The first kappa shape index (κ1) is 24.7. The number of nitrogens with two attached hydrogens (primary N) is 1. The fourth-order valence-corrected chi connectivity index (χ4v) is 4.51. The predicted molar refractivity (Wildman–Crippen MR) is 121 cm³/mol. The van der Waals surface area contributed by atoms with E-state index >= 15 is 0 Å². The van der Waals surface area contributed by atoms with Crippen molar-refractivity contribution in [2.45, 2.75) is 49.0 Å². The van der Waals surface area contributed by atoms with Crippen LogP contribution in [0.1, 0.15) is 36.8 Å². The zero-order valence-corrected chi connectivity index (χ0v) is 19.2. The van der Waals surface area contributed by atoms with Gasteiger partial charge in [-0.1, -0.05) is 12.1 Å². The van der Waals surface area contributed by atoms with Crippen LogP contribution >= 0.6 is 0 Å².